The Hall–Kier alpha value is -2.27. The standard InChI is InChI=1S/C24H24Cl2FNO2/c1-2-29-23-13-19(15-28-12-11-17-7-9-20(25)10-8-17)21(26)14-24(23)30-16-18-5-3-4-6-22(18)27/h3-10,13-14,28H,2,11-12,15-16H2,1H3. The molecule has 0 aromatic heterocycles. The van der Waals surface area contributed by atoms with E-state index in [1.165, 1.54) is 11.6 Å². The number of ether oxygens (including phenoxy) is 2. The van der Waals surface area contributed by atoms with E-state index >= 15 is 0 Å². The van der Waals surface area contributed by atoms with Crippen molar-refractivity contribution in [1.29, 1.82) is 0 Å². The molecular formula is C24H24Cl2FNO2. The highest BCUT2D eigenvalue weighted by Gasteiger charge is 2.12. The van der Waals surface area contributed by atoms with Crippen molar-refractivity contribution in [1.82, 2.24) is 5.32 Å². The van der Waals surface area contributed by atoms with E-state index in [0.717, 1.165) is 23.6 Å². The van der Waals surface area contributed by atoms with Gasteiger partial charge in [0.2, 0.25) is 0 Å². The Bertz CT molecular complexity index is 964. The molecule has 0 amide bonds. The van der Waals surface area contributed by atoms with Gasteiger partial charge < -0.3 is 14.8 Å². The molecule has 1 N–H and O–H groups in total. The van der Waals surface area contributed by atoms with E-state index in [2.05, 4.69) is 5.32 Å². The Balaban J connectivity index is 1.61. The number of benzene rings is 3. The first-order chi connectivity index (χ1) is 14.6. The monoisotopic (exact) mass is 447 g/mol. The summed E-state index contributed by atoms with van der Waals surface area (Å²) in [7, 11) is 0. The Kier molecular flexibility index (Phi) is 8.38. The van der Waals surface area contributed by atoms with Crippen LogP contribution in [-0.2, 0) is 19.6 Å². The molecule has 3 aromatic carbocycles. The van der Waals surface area contributed by atoms with Crippen molar-refractivity contribution in [3.63, 3.8) is 0 Å². The third-order valence-electron chi connectivity index (χ3n) is 4.57. The van der Waals surface area contributed by atoms with Gasteiger partial charge in [-0.3, -0.25) is 0 Å². The lowest BCUT2D eigenvalue weighted by Gasteiger charge is -2.15. The van der Waals surface area contributed by atoms with Gasteiger partial charge in [-0.25, -0.2) is 4.39 Å². The van der Waals surface area contributed by atoms with Gasteiger partial charge in [-0.1, -0.05) is 53.5 Å². The molecular weight excluding hydrogens is 424 g/mol. The number of hydrogen-bond acceptors (Lipinski definition) is 3. The molecule has 3 nitrogen and oxygen atoms in total. The summed E-state index contributed by atoms with van der Waals surface area (Å²) >= 11 is 12.4. The van der Waals surface area contributed by atoms with E-state index in [1.807, 2.05) is 37.3 Å². The summed E-state index contributed by atoms with van der Waals surface area (Å²) in [4.78, 5) is 0. The van der Waals surface area contributed by atoms with Crippen LogP contribution in [0.25, 0.3) is 0 Å². The van der Waals surface area contributed by atoms with Crippen LogP contribution in [0.5, 0.6) is 11.5 Å². The number of rotatable bonds is 10. The number of halogens is 3. The summed E-state index contributed by atoms with van der Waals surface area (Å²) in [6, 6.07) is 17.9. The molecule has 158 valence electrons. The van der Waals surface area contributed by atoms with Crippen LogP contribution in [0.2, 0.25) is 10.0 Å². The van der Waals surface area contributed by atoms with Crippen LogP contribution in [0.15, 0.2) is 60.7 Å². The summed E-state index contributed by atoms with van der Waals surface area (Å²) in [5, 5.41) is 4.70. The highest BCUT2D eigenvalue weighted by molar-refractivity contribution is 6.31. The summed E-state index contributed by atoms with van der Waals surface area (Å²) in [6.07, 6.45) is 0.886. The van der Waals surface area contributed by atoms with E-state index in [4.69, 9.17) is 32.7 Å². The lowest BCUT2D eigenvalue weighted by molar-refractivity contribution is 0.265. The summed E-state index contributed by atoms with van der Waals surface area (Å²) in [5.74, 6) is 0.783. The average Bonchev–Trinajstić information content (AvgIpc) is 2.74. The van der Waals surface area contributed by atoms with Crippen LogP contribution in [0.3, 0.4) is 0 Å². The van der Waals surface area contributed by atoms with Gasteiger partial charge in [0.15, 0.2) is 11.5 Å². The van der Waals surface area contributed by atoms with Crippen molar-refractivity contribution in [2.75, 3.05) is 13.2 Å². The van der Waals surface area contributed by atoms with Gasteiger partial charge in [0.25, 0.3) is 0 Å². The fourth-order valence-corrected chi connectivity index (χ4v) is 3.32. The first-order valence-electron chi connectivity index (χ1n) is 9.83. The van der Waals surface area contributed by atoms with Crippen molar-refractivity contribution in [2.45, 2.75) is 26.5 Å². The van der Waals surface area contributed by atoms with Gasteiger partial charge in [-0.05, 0) is 55.3 Å². The minimum Gasteiger partial charge on any atom is -0.490 e. The molecule has 0 unspecified atom stereocenters. The highest BCUT2D eigenvalue weighted by atomic mass is 35.5. The number of nitrogens with one attached hydrogen (secondary N) is 1. The van der Waals surface area contributed by atoms with Crippen LogP contribution in [0, 0.1) is 5.82 Å². The maximum atomic E-state index is 13.8. The van der Waals surface area contributed by atoms with E-state index in [1.54, 1.807) is 24.3 Å². The molecule has 6 heteroatoms. The molecule has 0 fully saturated rings. The molecule has 30 heavy (non-hydrogen) atoms. The molecule has 3 aromatic rings. The quantitative estimate of drug-likeness (QED) is 0.362. The molecule has 0 atom stereocenters. The molecule has 0 saturated heterocycles. The average molecular weight is 448 g/mol. The lowest BCUT2D eigenvalue weighted by Crippen LogP contribution is -2.17. The minimum absolute atomic E-state index is 0.0990. The zero-order chi connectivity index (χ0) is 21.3. The van der Waals surface area contributed by atoms with Crippen molar-refractivity contribution >= 4 is 23.2 Å². The van der Waals surface area contributed by atoms with Crippen LogP contribution in [0.1, 0.15) is 23.6 Å². The van der Waals surface area contributed by atoms with E-state index in [9.17, 15) is 4.39 Å². The maximum absolute atomic E-state index is 13.8. The Morgan fingerprint density at radius 3 is 2.37 bits per heavy atom. The fraction of sp³-hybridized carbons (Fsp3) is 0.250. The normalized spacial score (nSPS) is 10.8. The van der Waals surface area contributed by atoms with Crippen LogP contribution in [0.4, 0.5) is 4.39 Å². The van der Waals surface area contributed by atoms with Gasteiger partial charge in [0, 0.05) is 28.2 Å². The molecule has 0 heterocycles. The smallest absolute Gasteiger partial charge is 0.163 e. The predicted molar refractivity (Wildman–Crippen MR) is 120 cm³/mol. The molecule has 0 aliphatic rings. The second kappa shape index (κ2) is 11.2. The van der Waals surface area contributed by atoms with Crippen molar-refractivity contribution in [2.24, 2.45) is 0 Å². The van der Waals surface area contributed by atoms with Crippen LogP contribution < -0.4 is 14.8 Å². The molecule has 0 saturated carbocycles. The number of hydrogen-bond donors (Lipinski definition) is 1. The topological polar surface area (TPSA) is 30.5 Å². The first kappa shape index (κ1) is 22.4. The Morgan fingerprint density at radius 2 is 1.63 bits per heavy atom. The third-order valence-corrected chi connectivity index (χ3v) is 5.18. The molecule has 0 aliphatic carbocycles. The van der Waals surface area contributed by atoms with Gasteiger partial charge in [-0.15, -0.1) is 0 Å². The Labute approximate surface area is 186 Å². The first-order valence-corrected chi connectivity index (χ1v) is 10.6. The van der Waals surface area contributed by atoms with Crippen molar-refractivity contribution < 1.29 is 13.9 Å². The van der Waals surface area contributed by atoms with E-state index in [0.29, 0.717) is 35.2 Å². The molecule has 0 bridgehead atoms. The zero-order valence-electron chi connectivity index (χ0n) is 16.8. The fourth-order valence-electron chi connectivity index (χ4n) is 2.97. The summed E-state index contributed by atoms with van der Waals surface area (Å²) in [5.41, 5.74) is 2.60. The van der Waals surface area contributed by atoms with E-state index < -0.39 is 0 Å². The van der Waals surface area contributed by atoms with E-state index in [-0.39, 0.29) is 12.4 Å². The van der Waals surface area contributed by atoms with Crippen LogP contribution in [-0.4, -0.2) is 13.2 Å². The molecule has 3 rings (SSSR count). The molecule has 0 spiro atoms. The molecule has 0 radical (unpaired) electrons. The second-order valence-corrected chi connectivity index (χ2v) is 7.60. The van der Waals surface area contributed by atoms with Gasteiger partial charge >= 0.3 is 0 Å². The van der Waals surface area contributed by atoms with Gasteiger partial charge in [0.1, 0.15) is 12.4 Å². The van der Waals surface area contributed by atoms with Crippen molar-refractivity contribution in [3.05, 3.63) is 93.2 Å². The SMILES string of the molecule is CCOc1cc(CNCCc2ccc(Cl)cc2)c(Cl)cc1OCc1ccccc1F. The second-order valence-electron chi connectivity index (χ2n) is 6.76. The Morgan fingerprint density at radius 1 is 0.900 bits per heavy atom. The summed E-state index contributed by atoms with van der Waals surface area (Å²) in [6.45, 7) is 3.88. The minimum atomic E-state index is -0.303. The lowest BCUT2D eigenvalue weighted by atomic mass is 10.1. The largest absolute Gasteiger partial charge is 0.490 e. The maximum Gasteiger partial charge on any atom is 0.163 e. The highest BCUT2D eigenvalue weighted by Crippen LogP contribution is 2.34. The third kappa shape index (κ3) is 6.36. The van der Waals surface area contributed by atoms with Gasteiger partial charge in [-0.2, -0.15) is 0 Å². The van der Waals surface area contributed by atoms with Crippen LogP contribution >= 0.6 is 23.2 Å². The van der Waals surface area contributed by atoms with Gasteiger partial charge in [0.05, 0.1) is 6.61 Å². The predicted octanol–water partition coefficient (Wildman–Crippen LogP) is 6.44. The summed E-state index contributed by atoms with van der Waals surface area (Å²) < 4.78 is 25.4. The molecule has 0 aliphatic heterocycles. The zero-order valence-corrected chi connectivity index (χ0v) is 18.3. The van der Waals surface area contributed by atoms with Crippen molar-refractivity contribution in [3.8, 4) is 11.5 Å².